The SMILES string of the molecule is CCNC(=NCc1ccon1)NC(C)c1ccccc1Cl. The van der Waals surface area contributed by atoms with Crippen molar-refractivity contribution in [2.75, 3.05) is 6.54 Å². The Morgan fingerprint density at radius 1 is 1.38 bits per heavy atom. The lowest BCUT2D eigenvalue weighted by Crippen LogP contribution is -2.38. The zero-order chi connectivity index (χ0) is 15.1. The molecule has 1 aromatic carbocycles. The minimum atomic E-state index is 0.0498. The quantitative estimate of drug-likeness (QED) is 0.658. The molecule has 6 heteroatoms. The van der Waals surface area contributed by atoms with E-state index in [0.29, 0.717) is 12.5 Å². The van der Waals surface area contributed by atoms with E-state index in [1.165, 1.54) is 6.26 Å². The van der Waals surface area contributed by atoms with Crippen molar-refractivity contribution in [2.45, 2.75) is 26.4 Å². The number of hydrogen-bond donors (Lipinski definition) is 2. The third-order valence-corrected chi connectivity index (χ3v) is 3.30. The summed E-state index contributed by atoms with van der Waals surface area (Å²) in [6.45, 7) is 5.30. The van der Waals surface area contributed by atoms with E-state index in [1.54, 1.807) is 6.07 Å². The van der Waals surface area contributed by atoms with Crippen molar-refractivity contribution >= 4 is 17.6 Å². The zero-order valence-electron chi connectivity index (χ0n) is 12.1. The van der Waals surface area contributed by atoms with E-state index in [1.807, 2.05) is 38.1 Å². The molecule has 1 heterocycles. The normalized spacial score (nSPS) is 13.0. The van der Waals surface area contributed by atoms with Crippen LogP contribution in [-0.2, 0) is 6.54 Å². The fourth-order valence-corrected chi connectivity index (χ4v) is 2.21. The van der Waals surface area contributed by atoms with Crippen molar-refractivity contribution in [3.63, 3.8) is 0 Å². The number of nitrogens with one attached hydrogen (secondary N) is 2. The van der Waals surface area contributed by atoms with E-state index in [2.05, 4.69) is 20.8 Å². The molecule has 0 saturated heterocycles. The molecular formula is C15H19ClN4O. The van der Waals surface area contributed by atoms with E-state index < -0.39 is 0 Å². The minimum Gasteiger partial charge on any atom is -0.364 e. The number of aliphatic imine (C=N–C) groups is 1. The molecule has 2 N–H and O–H groups in total. The lowest BCUT2D eigenvalue weighted by Gasteiger charge is -2.19. The van der Waals surface area contributed by atoms with Gasteiger partial charge in [-0.1, -0.05) is 35.0 Å². The Morgan fingerprint density at radius 3 is 2.86 bits per heavy atom. The van der Waals surface area contributed by atoms with Gasteiger partial charge < -0.3 is 15.2 Å². The summed E-state index contributed by atoms with van der Waals surface area (Å²) >= 11 is 6.22. The Hall–Kier alpha value is -2.01. The summed E-state index contributed by atoms with van der Waals surface area (Å²) in [5.74, 6) is 0.716. The minimum absolute atomic E-state index is 0.0498. The third kappa shape index (κ3) is 4.49. The van der Waals surface area contributed by atoms with Gasteiger partial charge in [0.15, 0.2) is 5.96 Å². The molecule has 0 spiro atoms. The number of benzene rings is 1. The summed E-state index contributed by atoms with van der Waals surface area (Å²) in [7, 11) is 0. The smallest absolute Gasteiger partial charge is 0.192 e. The number of aromatic nitrogens is 1. The number of halogens is 1. The van der Waals surface area contributed by atoms with Crippen LogP contribution >= 0.6 is 11.6 Å². The van der Waals surface area contributed by atoms with Crippen LogP contribution < -0.4 is 10.6 Å². The number of guanidine groups is 1. The summed E-state index contributed by atoms with van der Waals surface area (Å²) in [5.41, 5.74) is 1.82. The fraction of sp³-hybridized carbons (Fsp3) is 0.333. The molecular weight excluding hydrogens is 288 g/mol. The van der Waals surface area contributed by atoms with E-state index in [9.17, 15) is 0 Å². The van der Waals surface area contributed by atoms with E-state index >= 15 is 0 Å². The monoisotopic (exact) mass is 306 g/mol. The van der Waals surface area contributed by atoms with Crippen molar-refractivity contribution in [1.29, 1.82) is 0 Å². The molecule has 1 aromatic heterocycles. The highest BCUT2D eigenvalue weighted by molar-refractivity contribution is 6.31. The van der Waals surface area contributed by atoms with Crippen LogP contribution in [0.25, 0.3) is 0 Å². The summed E-state index contributed by atoms with van der Waals surface area (Å²) in [5, 5.41) is 11.1. The summed E-state index contributed by atoms with van der Waals surface area (Å²) in [6, 6.07) is 9.62. The van der Waals surface area contributed by atoms with Gasteiger partial charge in [-0.25, -0.2) is 4.99 Å². The second kappa shape index (κ2) is 7.69. The van der Waals surface area contributed by atoms with E-state index in [-0.39, 0.29) is 6.04 Å². The molecule has 0 amide bonds. The highest BCUT2D eigenvalue weighted by Gasteiger charge is 2.10. The van der Waals surface area contributed by atoms with Crippen molar-refractivity contribution in [3.8, 4) is 0 Å². The van der Waals surface area contributed by atoms with Gasteiger partial charge in [0.25, 0.3) is 0 Å². The molecule has 5 nitrogen and oxygen atoms in total. The maximum absolute atomic E-state index is 6.22. The van der Waals surface area contributed by atoms with Gasteiger partial charge in [0.05, 0.1) is 12.6 Å². The maximum Gasteiger partial charge on any atom is 0.192 e. The third-order valence-electron chi connectivity index (χ3n) is 2.96. The molecule has 0 radical (unpaired) electrons. The molecule has 2 rings (SSSR count). The van der Waals surface area contributed by atoms with Crippen LogP contribution in [0.3, 0.4) is 0 Å². The van der Waals surface area contributed by atoms with Crippen LogP contribution in [0.15, 0.2) is 46.1 Å². The lowest BCUT2D eigenvalue weighted by atomic mass is 10.1. The Morgan fingerprint density at radius 2 is 2.19 bits per heavy atom. The molecule has 0 aliphatic rings. The molecule has 0 fully saturated rings. The Kier molecular flexibility index (Phi) is 5.63. The van der Waals surface area contributed by atoms with Crippen LogP contribution in [0, 0.1) is 0 Å². The van der Waals surface area contributed by atoms with E-state index in [0.717, 1.165) is 22.8 Å². The Labute approximate surface area is 129 Å². The van der Waals surface area contributed by atoms with Crippen molar-refractivity contribution in [2.24, 2.45) is 4.99 Å². The molecule has 2 aromatic rings. The largest absolute Gasteiger partial charge is 0.364 e. The highest BCUT2D eigenvalue weighted by Crippen LogP contribution is 2.21. The topological polar surface area (TPSA) is 62.5 Å². The molecule has 0 saturated carbocycles. The van der Waals surface area contributed by atoms with Gasteiger partial charge in [0, 0.05) is 17.6 Å². The van der Waals surface area contributed by atoms with Crippen molar-refractivity contribution < 1.29 is 4.52 Å². The Balaban J connectivity index is 2.05. The van der Waals surface area contributed by atoms with Crippen LogP contribution in [0.1, 0.15) is 31.1 Å². The summed E-state index contributed by atoms with van der Waals surface area (Å²) < 4.78 is 4.80. The zero-order valence-corrected chi connectivity index (χ0v) is 12.9. The first-order chi connectivity index (χ1) is 10.2. The highest BCUT2D eigenvalue weighted by atomic mass is 35.5. The van der Waals surface area contributed by atoms with Gasteiger partial charge in [-0.2, -0.15) is 0 Å². The number of rotatable bonds is 5. The molecule has 112 valence electrons. The standard InChI is InChI=1S/C15H19ClN4O/c1-3-17-15(18-10-12-8-9-21-20-12)19-11(2)13-6-4-5-7-14(13)16/h4-9,11H,3,10H2,1-2H3,(H2,17,18,19). The molecule has 21 heavy (non-hydrogen) atoms. The molecule has 0 aliphatic heterocycles. The van der Waals surface area contributed by atoms with Gasteiger partial charge in [-0.3, -0.25) is 0 Å². The average molecular weight is 307 g/mol. The first-order valence-electron chi connectivity index (χ1n) is 6.89. The predicted molar refractivity (Wildman–Crippen MR) is 84.3 cm³/mol. The van der Waals surface area contributed by atoms with Crippen LogP contribution in [0.4, 0.5) is 0 Å². The van der Waals surface area contributed by atoms with Crippen LogP contribution in [0.2, 0.25) is 5.02 Å². The first kappa shape index (κ1) is 15.4. The second-order valence-corrected chi connectivity index (χ2v) is 4.98. The molecule has 1 unspecified atom stereocenters. The predicted octanol–water partition coefficient (Wildman–Crippen LogP) is 3.14. The maximum atomic E-state index is 6.22. The molecule has 1 atom stereocenters. The summed E-state index contributed by atoms with van der Waals surface area (Å²) in [6.07, 6.45) is 1.54. The molecule has 0 bridgehead atoms. The summed E-state index contributed by atoms with van der Waals surface area (Å²) in [4.78, 5) is 4.48. The Bertz CT molecular complexity index is 583. The second-order valence-electron chi connectivity index (χ2n) is 4.57. The molecule has 0 aliphatic carbocycles. The average Bonchev–Trinajstić information content (AvgIpc) is 2.98. The number of nitrogens with zero attached hydrogens (tertiary/aromatic N) is 2. The first-order valence-corrected chi connectivity index (χ1v) is 7.27. The fourth-order valence-electron chi connectivity index (χ4n) is 1.91. The van der Waals surface area contributed by atoms with Gasteiger partial charge in [0.1, 0.15) is 12.0 Å². The van der Waals surface area contributed by atoms with Crippen LogP contribution in [-0.4, -0.2) is 17.7 Å². The van der Waals surface area contributed by atoms with E-state index in [4.69, 9.17) is 16.1 Å². The van der Waals surface area contributed by atoms with Crippen molar-refractivity contribution in [1.82, 2.24) is 15.8 Å². The van der Waals surface area contributed by atoms with Gasteiger partial charge in [0.2, 0.25) is 0 Å². The van der Waals surface area contributed by atoms with Gasteiger partial charge in [-0.15, -0.1) is 0 Å². The van der Waals surface area contributed by atoms with Crippen molar-refractivity contribution in [3.05, 3.63) is 52.9 Å². The number of hydrogen-bond acceptors (Lipinski definition) is 3. The van der Waals surface area contributed by atoms with Gasteiger partial charge in [-0.05, 0) is 25.5 Å². The van der Waals surface area contributed by atoms with Gasteiger partial charge >= 0.3 is 0 Å². The lowest BCUT2D eigenvalue weighted by molar-refractivity contribution is 0.412. The van der Waals surface area contributed by atoms with Crippen LogP contribution in [0.5, 0.6) is 0 Å².